The van der Waals surface area contributed by atoms with Gasteiger partial charge in [0.1, 0.15) is 0 Å². The van der Waals surface area contributed by atoms with E-state index in [1.165, 1.54) is 101 Å². The van der Waals surface area contributed by atoms with Crippen LogP contribution in [0.2, 0.25) is 0 Å². The number of hydrogen-bond acceptors (Lipinski definition) is 2. The van der Waals surface area contributed by atoms with Crippen LogP contribution in [0.4, 0.5) is 34.1 Å². The van der Waals surface area contributed by atoms with E-state index in [0.717, 1.165) is 0 Å². The van der Waals surface area contributed by atoms with E-state index in [0.29, 0.717) is 0 Å². The first-order valence-electron chi connectivity index (χ1n) is 17.6. The maximum Gasteiger partial charge on any atom is 0.252 e. The summed E-state index contributed by atoms with van der Waals surface area (Å²) < 4.78 is 0. The first-order chi connectivity index (χ1) is 24.3. The van der Waals surface area contributed by atoms with Crippen molar-refractivity contribution in [3.05, 3.63) is 173 Å². The summed E-state index contributed by atoms with van der Waals surface area (Å²) >= 11 is 0. The molecular weight excluding hydrogens is 603 g/mol. The summed E-state index contributed by atoms with van der Waals surface area (Å²) in [6.07, 6.45) is 0. The van der Waals surface area contributed by atoms with E-state index < -0.39 is 0 Å². The van der Waals surface area contributed by atoms with Crippen LogP contribution in [-0.2, 0) is 0 Å². The van der Waals surface area contributed by atoms with Crippen molar-refractivity contribution in [1.82, 2.24) is 0 Å². The summed E-state index contributed by atoms with van der Waals surface area (Å²) in [7, 11) is 0. The van der Waals surface area contributed by atoms with E-state index >= 15 is 0 Å². The van der Waals surface area contributed by atoms with Gasteiger partial charge in [-0.3, -0.25) is 0 Å². The van der Waals surface area contributed by atoms with Crippen LogP contribution in [0.1, 0.15) is 27.8 Å². The van der Waals surface area contributed by atoms with Crippen LogP contribution < -0.4 is 26.2 Å². The van der Waals surface area contributed by atoms with Gasteiger partial charge in [-0.05, 0) is 116 Å². The van der Waals surface area contributed by atoms with Crippen molar-refractivity contribution in [1.29, 1.82) is 0 Å². The van der Waals surface area contributed by atoms with Crippen LogP contribution in [0, 0.1) is 34.6 Å². The minimum absolute atomic E-state index is 0.0841. The molecule has 2 aliphatic rings. The van der Waals surface area contributed by atoms with E-state index in [4.69, 9.17) is 0 Å². The highest BCUT2D eigenvalue weighted by atomic mass is 15.2. The summed E-state index contributed by atoms with van der Waals surface area (Å²) in [6.45, 7) is 11.0. The number of fused-ring (bicyclic) bond motifs is 4. The van der Waals surface area contributed by atoms with Crippen LogP contribution in [0.3, 0.4) is 0 Å². The minimum atomic E-state index is 0.0841. The van der Waals surface area contributed by atoms with E-state index in [1.807, 2.05) is 0 Å². The number of rotatable bonds is 4. The molecule has 0 unspecified atom stereocenters. The molecule has 0 amide bonds. The summed E-state index contributed by atoms with van der Waals surface area (Å²) in [5.74, 6) is 0. The predicted octanol–water partition coefficient (Wildman–Crippen LogP) is 10.6. The van der Waals surface area contributed by atoms with Gasteiger partial charge in [0, 0.05) is 34.0 Å². The molecule has 2 heterocycles. The second-order valence-corrected chi connectivity index (χ2v) is 14.2. The molecule has 9 rings (SSSR count). The molecule has 3 heteroatoms. The molecular formula is C47H39BN2. The van der Waals surface area contributed by atoms with Crippen molar-refractivity contribution in [2.45, 2.75) is 34.6 Å². The van der Waals surface area contributed by atoms with Crippen LogP contribution in [0.15, 0.2) is 146 Å². The highest BCUT2D eigenvalue weighted by molar-refractivity contribution is 7.00. The molecule has 0 aliphatic carbocycles. The Kier molecular flexibility index (Phi) is 7.07. The first-order valence-corrected chi connectivity index (χ1v) is 17.6. The maximum absolute atomic E-state index is 2.55. The van der Waals surface area contributed by atoms with Crippen molar-refractivity contribution in [3.8, 4) is 22.3 Å². The molecule has 2 nitrogen and oxygen atoms in total. The maximum atomic E-state index is 2.55. The topological polar surface area (TPSA) is 6.48 Å². The van der Waals surface area contributed by atoms with E-state index in [1.54, 1.807) is 0 Å². The third kappa shape index (κ3) is 4.88. The molecule has 0 atom stereocenters. The summed E-state index contributed by atoms with van der Waals surface area (Å²) in [5.41, 5.74) is 22.5. The highest BCUT2D eigenvalue weighted by Gasteiger charge is 2.44. The highest BCUT2D eigenvalue weighted by Crippen LogP contribution is 2.48. The SMILES string of the molecule is Cc1ccc(-c2cc(C)ccc2N2c3ccc(C)cc3B3c4cc(C)ccc4N(c4ccc(C)cc4)c4cc(-c5ccccc5)cc2c43)cc1. The van der Waals surface area contributed by atoms with Crippen molar-refractivity contribution < 1.29 is 0 Å². The monoisotopic (exact) mass is 642 g/mol. The fourth-order valence-electron chi connectivity index (χ4n) is 8.08. The first kappa shape index (κ1) is 30.3. The molecule has 0 spiro atoms. The Bertz CT molecular complexity index is 2430. The third-order valence-electron chi connectivity index (χ3n) is 10.5. The van der Waals surface area contributed by atoms with Gasteiger partial charge in [-0.2, -0.15) is 0 Å². The Balaban J connectivity index is 1.42. The normalized spacial score (nSPS) is 12.8. The van der Waals surface area contributed by atoms with Crippen molar-refractivity contribution in [2.75, 3.05) is 9.80 Å². The third-order valence-corrected chi connectivity index (χ3v) is 10.5. The molecule has 50 heavy (non-hydrogen) atoms. The minimum Gasteiger partial charge on any atom is -0.311 e. The second kappa shape index (κ2) is 11.7. The lowest BCUT2D eigenvalue weighted by Gasteiger charge is -2.45. The fraction of sp³-hybridized carbons (Fsp3) is 0.106. The number of hydrogen-bond donors (Lipinski definition) is 0. The van der Waals surface area contributed by atoms with Gasteiger partial charge in [0.05, 0.1) is 5.69 Å². The number of nitrogens with zero attached hydrogens (tertiary/aromatic N) is 2. The molecule has 0 fully saturated rings. The summed E-state index contributed by atoms with van der Waals surface area (Å²) in [4.78, 5) is 5.06. The average molecular weight is 643 g/mol. The lowest BCUT2D eigenvalue weighted by molar-refractivity contribution is 1.24. The van der Waals surface area contributed by atoms with E-state index in [-0.39, 0.29) is 6.71 Å². The van der Waals surface area contributed by atoms with Crippen molar-refractivity contribution in [2.24, 2.45) is 0 Å². The average Bonchev–Trinajstić information content (AvgIpc) is 3.13. The fourth-order valence-corrected chi connectivity index (χ4v) is 8.08. The van der Waals surface area contributed by atoms with Crippen molar-refractivity contribution >= 4 is 57.2 Å². The number of benzene rings is 7. The van der Waals surface area contributed by atoms with Gasteiger partial charge in [-0.25, -0.2) is 0 Å². The van der Waals surface area contributed by atoms with Crippen LogP contribution >= 0.6 is 0 Å². The Hall–Kier alpha value is -5.80. The van der Waals surface area contributed by atoms with Gasteiger partial charge in [-0.15, -0.1) is 0 Å². The number of anilines is 6. The Morgan fingerprint density at radius 2 is 0.860 bits per heavy atom. The number of aryl methyl sites for hydroxylation is 5. The lowest BCUT2D eigenvalue weighted by Crippen LogP contribution is -2.61. The molecule has 0 bridgehead atoms. The van der Waals surface area contributed by atoms with E-state index in [9.17, 15) is 0 Å². The van der Waals surface area contributed by atoms with Gasteiger partial charge in [0.2, 0.25) is 0 Å². The molecule has 0 saturated carbocycles. The smallest absolute Gasteiger partial charge is 0.252 e. The quantitative estimate of drug-likeness (QED) is 0.176. The molecule has 0 aromatic heterocycles. The largest absolute Gasteiger partial charge is 0.311 e. The summed E-state index contributed by atoms with van der Waals surface area (Å²) in [6, 6.07) is 54.7. The van der Waals surface area contributed by atoms with Crippen LogP contribution in [0.5, 0.6) is 0 Å². The van der Waals surface area contributed by atoms with Gasteiger partial charge in [0.25, 0.3) is 6.71 Å². The van der Waals surface area contributed by atoms with Crippen LogP contribution in [0.25, 0.3) is 22.3 Å². The Morgan fingerprint density at radius 1 is 0.360 bits per heavy atom. The molecule has 240 valence electrons. The molecule has 7 aromatic carbocycles. The van der Waals surface area contributed by atoms with Gasteiger partial charge in [0.15, 0.2) is 0 Å². The molecule has 0 N–H and O–H groups in total. The molecule has 7 aromatic rings. The van der Waals surface area contributed by atoms with Crippen LogP contribution in [-0.4, -0.2) is 6.71 Å². The second-order valence-electron chi connectivity index (χ2n) is 14.2. The Morgan fingerprint density at radius 3 is 1.48 bits per heavy atom. The zero-order valence-corrected chi connectivity index (χ0v) is 29.3. The lowest BCUT2D eigenvalue weighted by atomic mass is 9.33. The van der Waals surface area contributed by atoms with Gasteiger partial charge in [-0.1, -0.05) is 125 Å². The standard InChI is InChI=1S/C47H39BN2/c1-30-11-18-36(19-12-30)39-25-32(3)15-22-42(39)50-44-24-17-34(5)27-41(44)48-40-26-33(4)16-23-43(40)49(38-20-13-31(2)14-21-38)45-28-37(29-46(50)47(45)48)35-9-7-6-8-10-35/h6-29H,1-5H3. The van der Waals surface area contributed by atoms with Gasteiger partial charge < -0.3 is 9.80 Å². The molecule has 0 saturated heterocycles. The zero-order chi connectivity index (χ0) is 34.1. The predicted molar refractivity (Wildman–Crippen MR) is 215 cm³/mol. The van der Waals surface area contributed by atoms with Crippen molar-refractivity contribution in [3.63, 3.8) is 0 Å². The molecule has 0 radical (unpaired) electrons. The summed E-state index contributed by atoms with van der Waals surface area (Å²) in [5, 5.41) is 0. The van der Waals surface area contributed by atoms with Gasteiger partial charge >= 0.3 is 0 Å². The molecule has 2 aliphatic heterocycles. The van der Waals surface area contributed by atoms with E-state index in [2.05, 4.69) is 190 Å². The zero-order valence-electron chi connectivity index (χ0n) is 29.3. The Labute approximate surface area is 296 Å².